The molecule has 5 nitrogen and oxygen atoms in total. The molecule has 82 valence electrons. The number of carbonyl (C=O) groups excluding carboxylic acids is 1. The number of nitrogens with zero attached hydrogens (tertiary/aromatic N) is 1. The zero-order valence-electron chi connectivity index (χ0n) is 8.57. The molecule has 1 amide bonds. The summed E-state index contributed by atoms with van der Waals surface area (Å²) in [7, 11) is 0. The van der Waals surface area contributed by atoms with Gasteiger partial charge in [0.1, 0.15) is 11.6 Å². The van der Waals surface area contributed by atoms with E-state index in [2.05, 4.69) is 0 Å². The van der Waals surface area contributed by atoms with E-state index >= 15 is 0 Å². The zero-order chi connectivity index (χ0) is 11.5. The molecule has 0 bridgehead atoms. The van der Waals surface area contributed by atoms with E-state index in [1.165, 1.54) is 6.92 Å². The normalized spacial score (nSPS) is 13.2. The summed E-state index contributed by atoms with van der Waals surface area (Å²) in [6.07, 6.45) is -0.867. The number of hydrogen-bond donors (Lipinski definition) is 1. The molecule has 0 unspecified atom stereocenters. The standard InChI is InChI=1S/C8H14ClNO4/c1-5(6(11)12)10(9)7(13)14-8(2,3)4/h5H,1-4H3,(H,11,12)/t5-/m0/s1. The third-order valence-corrected chi connectivity index (χ3v) is 1.70. The molecule has 1 atom stereocenters. The number of halogens is 1. The van der Waals surface area contributed by atoms with Crippen LogP contribution in [0.15, 0.2) is 0 Å². The number of ether oxygens (including phenoxy) is 1. The highest BCUT2D eigenvalue weighted by molar-refractivity contribution is 6.21. The van der Waals surface area contributed by atoms with E-state index in [0.717, 1.165) is 0 Å². The zero-order valence-corrected chi connectivity index (χ0v) is 9.33. The molecule has 0 aliphatic heterocycles. The Morgan fingerprint density at radius 1 is 1.43 bits per heavy atom. The van der Waals surface area contributed by atoms with Crippen molar-refractivity contribution in [1.29, 1.82) is 0 Å². The van der Waals surface area contributed by atoms with Crippen LogP contribution in [0.2, 0.25) is 0 Å². The molecule has 6 heteroatoms. The van der Waals surface area contributed by atoms with Gasteiger partial charge in [0, 0.05) is 11.8 Å². The van der Waals surface area contributed by atoms with Gasteiger partial charge in [-0.2, -0.15) is 0 Å². The Bertz CT molecular complexity index is 236. The minimum absolute atomic E-state index is 0.521. The Hall–Kier alpha value is -0.970. The van der Waals surface area contributed by atoms with E-state index in [-0.39, 0.29) is 0 Å². The van der Waals surface area contributed by atoms with Gasteiger partial charge < -0.3 is 9.84 Å². The lowest BCUT2D eigenvalue weighted by Crippen LogP contribution is -2.39. The molecule has 0 spiro atoms. The number of carboxylic acid groups (broad SMARTS) is 1. The third kappa shape index (κ3) is 4.32. The maximum Gasteiger partial charge on any atom is 0.425 e. The van der Waals surface area contributed by atoms with Gasteiger partial charge in [-0.25, -0.2) is 14.0 Å². The number of amides is 1. The van der Waals surface area contributed by atoms with Crippen LogP contribution in [-0.2, 0) is 9.53 Å². The lowest BCUT2D eigenvalue weighted by atomic mass is 10.2. The summed E-state index contributed by atoms with van der Waals surface area (Å²) in [5, 5.41) is 8.57. The maximum absolute atomic E-state index is 11.2. The highest BCUT2D eigenvalue weighted by Crippen LogP contribution is 2.13. The van der Waals surface area contributed by atoms with Crippen LogP contribution in [0.3, 0.4) is 0 Å². The van der Waals surface area contributed by atoms with Gasteiger partial charge in [0.05, 0.1) is 0 Å². The molecule has 14 heavy (non-hydrogen) atoms. The fourth-order valence-electron chi connectivity index (χ4n) is 0.561. The Morgan fingerprint density at radius 2 is 1.86 bits per heavy atom. The third-order valence-electron chi connectivity index (χ3n) is 1.27. The predicted molar refractivity (Wildman–Crippen MR) is 51.0 cm³/mol. The van der Waals surface area contributed by atoms with E-state index in [4.69, 9.17) is 21.6 Å². The smallest absolute Gasteiger partial charge is 0.425 e. The lowest BCUT2D eigenvalue weighted by molar-refractivity contribution is -0.140. The van der Waals surface area contributed by atoms with Crippen molar-refractivity contribution in [2.75, 3.05) is 0 Å². The summed E-state index contributed by atoms with van der Waals surface area (Å²) >= 11 is 5.46. The molecule has 0 rings (SSSR count). The first-order chi connectivity index (χ1) is 6.15. The molecule has 0 aliphatic rings. The number of hydrogen-bond acceptors (Lipinski definition) is 3. The van der Waals surface area contributed by atoms with Gasteiger partial charge in [-0.1, -0.05) is 0 Å². The van der Waals surface area contributed by atoms with E-state index in [9.17, 15) is 9.59 Å². The molecular formula is C8H14ClNO4. The van der Waals surface area contributed by atoms with E-state index in [0.29, 0.717) is 4.42 Å². The van der Waals surface area contributed by atoms with Crippen LogP contribution in [-0.4, -0.2) is 33.2 Å². The summed E-state index contributed by atoms with van der Waals surface area (Å²) in [5.74, 6) is -1.19. The minimum Gasteiger partial charge on any atom is -0.480 e. The number of rotatable bonds is 2. The van der Waals surface area contributed by atoms with Crippen molar-refractivity contribution in [1.82, 2.24) is 4.42 Å². The Morgan fingerprint density at radius 3 is 2.14 bits per heavy atom. The average Bonchev–Trinajstić information content (AvgIpc) is 1.98. The topological polar surface area (TPSA) is 66.8 Å². The van der Waals surface area contributed by atoms with Gasteiger partial charge in [-0.05, 0) is 27.7 Å². The van der Waals surface area contributed by atoms with Crippen LogP contribution < -0.4 is 0 Å². The van der Waals surface area contributed by atoms with Crippen LogP contribution in [0.4, 0.5) is 4.79 Å². The number of aliphatic carboxylic acids is 1. The molecule has 0 aromatic heterocycles. The van der Waals surface area contributed by atoms with Gasteiger partial charge in [0.2, 0.25) is 0 Å². The molecule has 0 saturated carbocycles. The van der Waals surface area contributed by atoms with Crippen molar-refractivity contribution in [2.45, 2.75) is 39.3 Å². The lowest BCUT2D eigenvalue weighted by Gasteiger charge is -2.24. The second-order valence-corrected chi connectivity index (χ2v) is 4.17. The molecule has 0 heterocycles. The summed E-state index contributed by atoms with van der Waals surface area (Å²) in [6.45, 7) is 6.29. The van der Waals surface area contributed by atoms with E-state index < -0.39 is 23.7 Å². The fourth-order valence-corrected chi connectivity index (χ4v) is 0.679. The predicted octanol–water partition coefficient (Wildman–Crippen LogP) is 1.85. The van der Waals surface area contributed by atoms with Gasteiger partial charge in [0.25, 0.3) is 0 Å². The van der Waals surface area contributed by atoms with Crippen molar-refractivity contribution in [2.24, 2.45) is 0 Å². The van der Waals surface area contributed by atoms with Gasteiger partial charge in [-0.15, -0.1) is 0 Å². The average molecular weight is 224 g/mol. The highest BCUT2D eigenvalue weighted by Gasteiger charge is 2.28. The van der Waals surface area contributed by atoms with Crippen LogP contribution in [0, 0.1) is 0 Å². The summed E-state index contributed by atoms with van der Waals surface area (Å²) in [4.78, 5) is 21.7. The van der Waals surface area contributed by atoms with Crippen molar-refractivity contribution in [3.05, 3.63) is 0 Å². The van der Waals surface area contributed by atoms with E-state index in [1.807, 2.05) is 0 Å². The van der Waals surface area contributed by atoms with Crippen molar-refractivity contribution < 1.29 is 19.4 Å². The second kappa shape index (κ2) is 4.50. The first kappa shape index (κ1) is 13.0. The molecular weight excluding hydrogens is 210 g/mol. The summed E-state index contributed by atoms with van der Waals surface area (Å²) < 4.78 is 5.38. The minimum atomic E-state index is -1.19. The second-order valence-electron chi connectivity index (χ2n) is 3.81. The molecule has 0 radical (unpaired) electrons. The van der Waals surface area contributed by atoms with Crippen molar-refractivity contribution >= 4 is 23.8 Å². The molecule has 1 N–H and O–H groups in total. The highest BCUT2D eigenvalue weighted by atomic mass is 35.5. The molecule has 0 aromatic rings. The Labute approximate surface area is 87.7 Å². The van der Waals surface area contributed by atoms with Gasteiger partial charge >= 0.3 is 12.1 Å². The Balaban J connectivity index is 4.33. The maximum atomic E-state index is 11.2. The van der Waals surface area contributed by atoms with Gasteiger partial charge in [0.15, 0.2) is 0 Å². The number of carbonyl (C=O) groups is 2. The van der Waals surface area contributed by atoms with Crippen molar-refractivity contribution in [3.8, 4) is 0 Å². The monoisotopic (exact) mass is 223 g/mol. The van der Waals surface area contributed by atoms with Crippen LogP contribution in [0.1, 0.15) is 27.7 Å². The largest absolute Gasteiger partial charge is 0.480 e. The first-order valence-electron chi connectivity index (χ1n) is 4.06. The van der Waals surface area contributed by atoms with E-state index in [1.54, 1.807) is 20.8 Å². The van der Waals surface area contributed by atoms with Crippen LogP contribution in [0.5, 0.6) is 0 Å². The molecule has 0 aromatic carbocycles. The quantitative estimate of drug-likeness (QED) is 0.726. The van der Waals surface area contributed by atoms with Gasteiger partial charge in [-0.3, -0.25) is 0 Å². The summed E-state index contributed by atoms with van der Waals surface area (Å²) in [5.41, 5.74) is -0.692. The molecule has 0 saturated heterocycles. The fraction of sp³-hybridized carbons (Fsp3) is 0.750. The SMILES string of the molecule is C[C@@H](C(=O)O)N(Cl)C(=O)OC(C)(C)C. The molecule has 0 fully saturated rings. The van der Waals surface area contributed by atoms with Crippen LogP contribution >= 0.6 is 11.8 Å². The first-order valence-corrected chi connectivity index (χ1v) is 4.40. The van der Waals surface area contributed by atoms with Crippen molar-refractivity contribution in [3.63, 3.8) is 0 Å². The Kier molecular flexibility index (Phi) is 4.19. The van der Waals surface area contributed by atoms with Crippen LogP contribution in [0.25, 0.3) is 0 Å². The summed E-state index contributed by atoms with van der Waals surface area (Å²) in [6, 6.07) is -1.12. The molecule has 0 aliphatic carbocycles. The number of carboxylic acids is 1.